The fourth-order valence-electron chi connectivity index (χ4n) is 3.80. The van der Waals surface area contributed by atoms with Crippen LogP contribution in [0, 0.1) is 16.7 Å². The number of nitrogens with zero attached hydrogens (tertiary/aromatic N) is 3. The highest BCUT2D eigenvalue weighted by atomic mass is 16.5. The molecule has 8 heteroatoms. The Balaban J connectivity index is 2.18. The van der Waals surface area contributed by atoms with Gasteiger partial charge in [0.25, 0.3) is 0 Å². The molecule has 0 amide bonds. The molecule has 148 valence electrons. The van der Waals surface area contributed by atoms with Gasteiger partial charge in [0.15, 0.2) is 11.5 Å². The first-order valence-corrected chi connectivity index (χ1v) is 9.31. The van der Waals surface area contributed by atoms with Gasteiger partial charge >= 0.3 is 5.97 Å². The van der Waals surface area contributed by atoms with Crippen molar-refractivity contribution in [3.05, 3.63) is 40.2 Å². The molecule has 0 unspecified atom stereocenters. The number of aryl methyl sites for hydroxylation is 1. The van der Waals surface area contributed by atoms with Gasteiger partial charge in [0, 0.05) is 25.0 Å². The minimum Gasteiger partial charge on any atom is -0.461 e. The Morgan fingerprint density at radius 1 is 1.46 bits per heavy atom. The lowest BCUT2D eigenvalue weighted by Gasteiger charge is -2.37. The number of carbonyl (C=O) groups excluding carboxylic acids is 2. The van der Waals surface area contributed by atoms with Crippen molar-refractivity contribution < 1.29 is 19.1 Å². The fourth-order valence-corrected chi connectivity index (χ4v) is 3.80. The molecule has 0 fully saturated rings. The number of Topliss-reactive ketones (excluding diaryl/α,β-unsaturated/α-hetero) is 1. The number of hydrogen-bond acceptors (Lipinski definition) is 7. The summed E-state index contributed by atoms with van der Waals surface area (Å²) in [6.07, 6.45) is 0.879. The van der Waals surface area contributed by atoms with Crippen LogP contribution in [0.25, 0.3) is 0 Å². The molecule has 0 saturated carbocycles. The second-order valence-electron chi connectivity index (χ2n) is 7.69. The highest BCUT2D eigenvalue weighted by Gasteiger charge is 2.44. The number of ether oxygens (including phenoxy) is 2. The Kier molecular flexibility index (Phi) is 5.02. The predicted octanol–water partition coefficient (Wildman–Crippen LogP) is 2.53. The number of aromatic nitrogens is 2. The fraction of sp³-hybridized carbons (Fsp3) is 0.500. The van der Waals surface area contributed by atoms with E-state index in [1.807, 2.05) is 20.8 Å². The van der Waals surface area contributed by atoms with Gasteiger partial charge in [-0.3, -0.25) is 9.48 Å². The molecule has 1 aliphatic heterocycles. The first-order valence-electron chi connectivity index (χ1n) is 9.31. The molecule has 0 spiro atoms. The van der Waals surface area contributed by atoms with Crippen molar-refractivity contribution in [1.29, 1.82) is 5.26 Å². The Morgan fingerprint density at radius 3 is 2.79 bits per heavy atom. The first kappa shape index (κ1) is 19.7. The van der Waals surface area contributed by atoms with Gasteiger partial charge in [0.05, 0.1) is 18.2 Å². The van der Waals surface area contributed by atoms with Gasteiger partial charge in [0.1, 0.15) is 17.4 Å². The van der Waals surface area contributed by atoms with E-state index in [2.05, 4.69) is 11.2 Å². The quantitative estimate of drug-likeness (QED) is 0.792. The Labute approximate surface area is 163 Å². The van der Waals surface area contributed by atoms with Gasteiger partial charge in [-0.25, -0.2) is 4.79 Å². The maximum Gasteiger partial charge on any atom is 0.358 e. The summed E-state index contributed by atoms with van der Waals surface area (Å²) in [6, 6.07) is 3.65. The summed E-state index contributed by atoms with van der Waals surface area (Å²) in [5.41, 5.74) is 7.03. The van der Waals surface area contributed by atoms with Gasteiger partial charge in [-0.05, 0) is 25.3 Å². The smallest absolute Gasteiger partial charge is 0.358 e. The van der Waals surface area contributed by atoms with Crippen LogP contribution >= 0.6 is 0 Å². The molecule has 0 aromatic carbocycles. The van der Waals surface area contributed by atoms with Gasteiger partial charge in [-0.2, -0.15) is 10.4 Å². The van der Waals surface area contributed by atoms with E-state index in [0.717, 1.165) is 0 Å². The lowest BCUT2D eigenvalue weighted by Crippen LogP contribution is -2.34. The van der Waals surface area contributed by atoms with E-state index in [1.165, 1.54) is 0 Å². The number of carbonyl (C=O) groups is 2. The maximum absolute atomic E-state index is 13.0. The van der Waals surface area contributed by atoms with Crippen LogP contribution in [0.3, 0.4) is 0 Å². The predicted molar refractivity (Wildman–Crippen MR) is 99.6 cm³/mol. The van der Waals surface area contributed by atoms with Crippen molar-refractivity contribution in [1.82, 2.24) is 9.78 Å². The van der Waals surface area contributed by atoms with Crippen LogP contribution in [0.4, 0.5) is 0 Å². The van der Waals surface area contributed by atoms with Crippen LogP contribution < -0.4 is 5.73 Å². The summed E-state index contributed by atoms with van der Waals surface area (Å²) in [6.45, 7) is 8.23. The number of allylic oxidation sites excluding steroid dienone is 3. The number of esters is 1. The number of nitrogens with two attached hydrogens (primary N) is 1. The molecule has 0 bridgehead atoms. The van der Waals surface area contributed by atoms with E-state index in [-0.39, 0.29) is 35.0 Å². The van der Waals surface area contributed by atoms with E-state index in [9.17, 15) is 14.9 Å². The molecule has 0 radical (unpaired) electrons. The molecule has 1 atom stereocenters. The molecule has 2 heterocycles. The van der Waals surface area contributed by atoms with Gasteiger partial charge in [-0.15, -0.1) is 0 Å². The van der Waals surface area contributed by atoms with Crippen LogP contribution in [-0.2, 0) is 20.8 Å². The van der Waals surface area contributed by atoms with E-state index in [4.69, 9.17) is 15.2 Å². The molecule has 1 aromatic rings. The summed E-state index contributed by atoms with van der Waals surface area (Å²) in [5, 5.41) is 14.0. The third-order valence-electron chi connectivity index (χ3n) is 4.97. The van der Waals surface area contributed by atoms with E-state index < -0.39 is 11.9 Å². The maximum atomic E-state index is 13.0. The second kappa shape index (κ2) is 7.15. The lowest BCUT2D eigenvalue weighted by molar-refractivity contribution is -0.119. The summed E-state index contributed by atoms with van der Waals surface area (Å²) in [5.74, 6) is -0.877. The Morgan fingerprint density at radius 2 is 2.18 bits per heavy atom. The van der Waals surface area contributed by atoms with E-state index in [1.54, 1.807) is 17.7 Å². The average Bonchev–Trinajstić information content (AvgIpc) is 3.03. The van der Waals surface area contributed by atoms with Crippen molar-refractivity contribution in [2.45, 2.75) is 53.0 Å². The third-order valence-corrected chi connectivity index (χ3v) is 4.97. The topological polar surface area (TPSA) is 120 Å². The monoisotopic (exact) mass is 384 g/mol. The molecular formula is C20H24N4O4. The van der Waals surface area contributed by atoms with Crippen molar-refractivity contribution in [3.63, 3.8) is 0 Å². The normalized spacial score (nSPS) is 21.1. The highest BCUT2D eigenvalue weighted by Crippen LogP contribution is 2.47. The minimum absolute atomic E-state index is 0.0155. The zero-order chi connectivity index (χ0) is 20.6. The lowest BCUT2D eigenvalue weighted by atomic mass is 9.71. The van der Waals surface area contributed by atoms with Crippen molar-refractivity contribution in [2.75, 3.05) is 6.61 Å². The summed E-state index contributed by atoms with van der Waals surface area (Å²) in [4.78, 5) is 25.2. The molecule has 1 aromatic heterocycles. The van der Waals surface area contributed by atoms with Crippen LogP contribution in [0.2, 0.25) is 0 Å². The molecule has 28 heavy (non-hydrogen) atoms. The number of rotatable bonds is 4. The van der Waals surface area contributed by atoms with E-state index in [0.29, 0.717) is 36.4 Å². The van der Waals surface area contributed by atoms with Crippen LogP contribution in [0.15, 0.2) is 28.9 Å². The zero-order valence-electron chi connectivity index (χ0n) is 16.5. The highest BCUT2D eigenvalue weighted by molar-refractivity contribution is 6.00. The molecule has 2 aliphatic rings. The third kappa shape index (κ3) is 3.28. The minimum atomic E-state index is -0.715. The molecule has 0 saturated heterocycles. The number of hydrogen-bond donors (Lipinski definition) is 1. The van der Waals surface area contributed by atoms with Gasteiger partial charge < -0.3 is 15.2 Å². The van der Waals surface area contributed by atoms with Crippen LogP contribution in [0.5, 0.6) is 0 Å². The first-order chi connectivity index (χ1) is 13.2. The second-order valence-corrected chi connectivity index (χ2v) is 7.69. The molecule has 1 aliphatic carbocycles. The molecule has 8 nitrogen and oxygen atoms in total. The average molecular weight is 384 g/mol. The van der Waals surface area contributed by atoms with Crippen molar-refractivity contribution in [3.8, 4) is 6.07 Å². The summed E-state index contributed by atoms with van der Waals surface area (Å²) >= 11 is 0. The van der Waals surface area contributed by atoms with Gasteiger partial charge in [-0.1, -0.05) is 13.8 Å². The molecule has 2 N–H and O–H groups in total. The van der Waals surface area contributed by atoms with Crippen LogP contribution in [-0.4, -0.2) is 28.1 Å². The Bertz CT molecular complexity index is 946. The molecule has 3 rings (SSSR count). The van der Waals surface area contributed by atoms with E-state index >= 15 is 0 Å². The van der Waals surface area contributed by atoms with Crippen molar-refractivity contribution >= 4 is 11.8 Å². The number of nitriles is 1. The summed E-state index contributed by atoms with van der Waals surface area (Å²) in [7, 11) is 0. The summed E-state index contributed by atoms with van der Waals surface area (Å²) < 4.78 is 12.3. The standard InChI is InChI=1S/C20H24N4O4/c1-5-24-13(7-12(23-24)19(26)27-6-2)16-11(10-21)18(22)28-15-9-20(3,4)8-14(25)17(15)16/h7,16H,5-6,8-9,22H2,1-4H3/t16-/m0/s1. The number of ketones is 1. The van der Waals surface area contributed by atoms with Gasteiger partial charge in [0.2, 0.25) is 5.88 Å². The Hall–Kier alpha value is -3.08. The zero-order valence-corrected chi connectivity index (χ0v) is 16.5. The van der Waals surface area contributed by atoms with Crippen LogP contribution in [0.1, 0.15) is 62.6 Å². The molecular weight excluding hydrogens is 360 g/mol. The SMILES string of the molecule is CCOC(=O)c1cc([C@@H]2C(C#N)=C(N)OC3=C2C(=O)CC(C)(C)C3)n(CC)n1. The van der Waals surface area contributed by atoms with Crippen molar-refractivity contribution in [2.24, 2.45) is 11.1 Å². The largest absolute Gasteiger partial charge is 0.461 e.